The Balaban J connectivity index is 2.67. The highest BCUT2D eigenvalue weighted by atomic mass is 32.2. The van der Waals surface area contributed by atoms with Gasteiger partial charge in [-0.25, -0.2) is 26.3 Å². The van der Waals surface area contributed by atoms with E-state index in [4.69, 9.17) is 0 Å². The third kappa shape index (κ3) is 6.00. The fourth-order valence-corrected chi connectivity index (χ4v) is 2.62. The molecule has 8 heteroatoms. The molecule has 0 amide bonds. The molecular weight excluding hydrogens is 300 g/mol. The second kappa shape index (κ2) is 7.16. The maximum Gasteiger partial charge on any atom is 0.211 e. The van der Waals surface area contributed by atoms with Gasteiger partial charge in [-0.1, -0.05) is 24.3 Å². The molecule has 1 aromatic rings. The summed E-state index contributed by atoms with van der Waals surface area (Å²) in [7, 11) is -6.46. The van der Waals surface area contributed by atoms with E-state index in [1.54, 1.807) is 38.1 Å². The van der Waals surface area contributed by atoms with Crippen LogP contribution in [0.3, 0.4) is 0 Å². The number of rotatable bonds is 8. The minimum Gasteiger partial charge on any atom is -0.212 e. The van der Waals surface area contributed by atoms with E-state index in [1.165, 1.54) is 0 Å². The highest BCUT2D eigenvalue weighted by Gasteiger charge is 2.08. The Morgan fingerprint density at radius 3 is 1.60 bits per heavy atom. The Kier molecular flexibility index (Phi) is 6.12. The second-order valence-electron chi connectivity index (χ2n) is 4.27. The molecule has 0 aliphatic rings. The molecule has 0 saturated carbocycles. The lowest BCUT2D eigenvalue weighted by Gasteiger charge is -2.08. The molecule has 0 aliphatic carbocycles. The Bertz CT molecular complexity index is 586. The maximum absolute atomic E-state index is 11.4. The van der Waals surface area contributed by atoms with Crippen LogP contribution < -0.4 is 9.44 Å². The molecular formula is C12H20N2O4S2. The molecule has 0 spiro atoms. The Hall–Kier alpha value is -0.960. The molecule has 0 heterocycles. The predicted octanol–water partition coefficient (Wildman–Crippen LogP) is 0.565. The van der Waals surface area contributed by atoms with Gasteiger partial charge in [0.25, 0.3) is 0 Å². The van der Waals surface area contributed by atoms with E-state index in [2.05, 4.69) is 9.44 Å². The molecule has 1 aromatic carbocycles. The first kappa shape index (κ1) is 17.1. The van der Waals surface area contributed by atoms with Gasteiger partial charge >= 0.3 is 0 Å². The van der Waals surface area contributed by atoms with Gasteiger partial charge in [-0.2, -0.15) is 0 Å². The molecule has 20 heavy (non-hydrogen) atoms. The summed E-state index contributed by atoms with van der Waals surface area (Å²) in [6, 6.07) is 7.12. The van der Waals surface area contributed by atoms with E-state index in [9.17, 15) is 16.8 Å². The summed E-state index contributed by atoms with van der Waals surface area (Å²) in [5.41, 5.74) is 1.57. The Labute approximate surface area is 120 Å². The molecule has 2 N–H and O–H groups in total. The van der Waals surface area contributed by atoms with Gasteiger partial charge in [0.05, 0.1) is 11.5 Å². The standard InChI is InChI=1S/C12H20N2O4S2/c1-3-19(15,16)13-9-11-6-5-7-12(8-11)10-14-20(17,18)4-2/h5-8,13-14H,3-4,9-10H2,1-2H3. The van der Waals surface area contributed by atoms with E-state index < -0.39 is 20.0 Å². The first-order valence-corrected chi connectivity index (χ1v) is 9.61. The number of nitrogens with one attached hydrogen (secondary N) is 2. The molecule has 0 bridgehead atoms. The zero-order valence-corrected chi connectivity index (χ0v) is 13.2. The van der Waals surface area contributed by atoms with Gasteiger partial charge < -0.3 is 0 Å². The van der Waals surface area contributed by atoms with E-state index in [1.807, 2.05) is 0 Å². The van der Waals surface area contributed by atoms with Crippen LogP contribution in [-0.2, 0) is 33.1 Å². The summed E-state index contributed by atoms with van der Waals surface area (Å²) < 4.78 is 50.3. The monoisotopic (exact) mass is 320 g/mol. The average molecular weight is 320 g/mol. The number of benzene rings is 1. The van der Waals surface area contributed by atoms with Crippen molar-refractivity contribution in [3.8, 4) is 0 Å². The quantitative estimate of drug-likeness (QED) is 0.732. The molecule has 0 unspecified atom stereocenters. The van der Waals surface area contributed by atoms with Crippen LogP contribution in [0.4, 0.5) is 0 Å². The predicted molar refractivity (Wildman–Crippen MR) is 79.0 cm³/mol. The first-order valence-electron chi connectivity index (χ1n) is 6.30. The van der Waals surface area contributed by atoms with E-state index in [-0.39, 0.29) is 24.6 Å². The summed E-state index contributed by atoms with van der Waals surface area (Å²) in [6.45, 7) is 3.53. The summed E-state index contributed by atoms with van der Waals surface area (Å²) in [4.78, 5) is 0. The summed E-state index contributed by atoms with van der Waals surface area (Å²) in [5.74, 6) is 0.0615. The number of hydrogen-bond acceptors (Lipinski definition) is 4. The first-order chi connectivity index (χ1) is 9.28. The topological polar surface area (TPSA) is 92.3 Å². The van der Waals surface area contributed by atoms with Crippen LogP contribution in [0.2, 0.25) is 0 Å². The van der Waals surface area contributed by atoms with Crippen LogP contribution >= 0.6 is 0 Å². The fraction of sp³-hybridized carbons (Fsp3) is 0.500. The zero-order chi connectivity index (χ0) is 15.2. The molecule has 0 aliphatic heterocycles. The summed E-state index contributed by atoms with van der Waals surface area (Å²) in [5, 5.41) is 0. The van der Waals surface area contributed by atoms with Crippen molar-refractivity contribution in [3.63, 3.8) is 0 Å². The van der Waals surface area contributed by atoms with Gasteiger partial charge in [-0.15, -0.1) is 0 Å². The van der Waals surface area contributed by atoms with E-state index in [0.717, 1.165) is 11.1 Å². The van der Waals surface area contributed by atoms with Crippen molar-refractivity contribution in [1.29, 1.82) is 0 Å². The van der Waals surface area contributed by atoms with Gasteiger partial charge in [0.15, 0.2) is 0 Å². The molecule has 1 rings (SSSR count). The van der Waals surface area contributed by atoms with Crippen LogP contribution in [0.5, 0.6) is 0 Å². The SMILES string of the molecule is CCS(=O)(=O)NCc1cccc(CNS(=O)(=O)CC)c1. The minimum absolute atomic E-state index is 0.0307. The van der Waals surface area contributed by atoms with Gasteiger partial charge in [0.2, 0.25) is 20.0 Å². The lowest BCUT2D eigenvalue weighted by Crippen LogP contribution is -2.25. The molecule has 6 nitrogen and oxygen atoms in total. The van der Waals surface area contributed by atoms with Crippen LogP contribution in [-0.4, -0.2) is 28.3 Å². The Morgan fingerprint density at radius 2 is 1.25 bits per heavy atom. The molecule has 0 atom stereocenters. The smallest absolute Gasteiger partial charge is 0.211 e. The molecule has 0 saturated heterocycles. The lowest BCUT2D eigenvalue weighted by molar-refractivity contribution is 0.581. The lowest BCUT2D eigenvalue weighted by atomic mass is 10.1. The third-order valence-electron chi connectivity index (χ3n) is 2.74. The average Bonchev–Trinajstić information content (AvgIpc) is 2.44. The van der Waals surface area contributed by atoms with Gasteiger partial charge in [0.1, 0.15) is 0 Å². The Morgan fingerprint density at radius 1 is 0.850 bits per heavy atom. The van der Waals surface area contributed by atoms with Crippen molar-refractivity contribution in [2.24, 2.45) is 0 Å². The van der Waals surface area contributed by atoms with Crippen LogP contribution in [0.1, 0.15) is 25.0 Å². The zero-order valence-electron chi connectivity index (χ0n) is 11.6. The molecule has 114 valence electrons. The minimum atomic E-state index is -3.23. The highest BCUT2D eigenvalue weighted by Crippen LogP contribution is 2.06. The van der Waals surface area contributed by atoms with Crippen LogP contribution in [0.25, 0.3) is 0 Å². The number of sulfonamides is 2. The van der Waals surface area contributed by atoms with Crippen molar-refractivity contribution < 1.29 is 16.8 Å². The third-order valence-corrected chi connectivity index (χ3v) is 5.43. The fourth-order valence-electron chi connectivity index (χ4n) is 1.44. The van der Waals surface area contributed by atoms with Gasteiger partial charge in [0, 0.05) is 13.1 Å². The van der Waals surface area contributed by atoms with Crippen molar-refractivity contribution in [3.05, 3.63) is 35.4 Å². The molecule has 0 aromatic heterocycles. The molecule has 0 fully saturated rings. The maximum atomic E-state index is 11.4. The summed E-state index contributed by atoms with van der Waals surface area (Å²) >= 11 is 0. The largest absolute Gasteiger partial charge is 0.212 e. The van der Waals surface area contributed by atoms with E-state index >= 15 is 0 Å². The van der Waals surface area contributed by atoms with Crippen LogP contribution in [0, 0.1) is 0 Å². The normalized spacial score (nSPS) is 12.5. The van der Waals surface area contributed by atoms with Crippen molar-refractivity contribution in [2.75, 3.05) is 11.5 Å². The highest BCUT2D eigenvalue weighted by molar-refractivity contribution is 7.89. The second-order valence-corrected chi connectivity index (χ2v) is 8.46. The van der Waals surface area contributed by atoms with Gasteiger partial charge in [-0.3, -0.25) is 0 Å². The van der Waals surface area contributed by atoms with Crippen molar-refractivity contribution in [2.45, 2.75) is 26.9 Å². The van der Waals surface area contributed by atoms with E-state index in [0.29, 0.717) is 0 Å². The summed E-state index contributed by atoms with van der Waals surface area (Å²) in [6.07, 6.45) is 0. The van der Waals surface area contributed by atoms with Gasteiger partial charge in [-0.05, 0) is 25.0 Å². The number of hydrogen-bond donors (Lipinski definition) is 2. The van der Waals surface area contributed by atoms with Crippen LogP contribution in [0.15, 0.2) is 24.3 Å². The van der Waals surface area contributed by atoms with Crippen molar-refractivity contribution >= 4 is 20.0 Å². The molecule has 0 radical (unpaired) electrons. The van der Waals surface area contributed by atoms with Crippen molar-refractivity contribution in [1.82, 2.24) is 9.44 Å².